The first-order valence-corrected chi connectivity index (χ1v) is 5.95. The van der Waals surface area contributed by atoms with Gasteiger partial charge >= 0.3 is 0 Å². The summed E-state index contributed by atoms with van der Waals surface area (Å²) < 4.78 is 0. The van der Waals surface area contributed by atoms with Crippen LogP contribution in [0.4, 0.5) is 0 Å². The van der Waals surface area contributed by atoms with E-state index in [4.69, 9.17) is 5.73 Å². The molecule has 1 heteroatoms. The quantitative estimate of drug-likeness (QED) is 0.718. The third-order valence-corrected chi connectivity index (χ3v) is 3.50. The second-order valence-corrected chi connectivity index (χ2v) is 4.98. The minimum Gasteiger partial charge on any atom is -0.327 e. The molecule has 0 aromatic carbocycles. The smallest absolute Gasteiger partial charge is 0.0134 e. The van der Waals surface area contributed by atoms with Gasteiger partial charge < -0.3 is 5.73 Å². The van der Waals surface area contributed by atoms with Gasteiger partial charge in [0.05, 0.1) is 0 Å². The van der Waals surface area contributed by atoms with E-state index in [1.165, 1.54) is 0 Å². The van der Waals surface area contributed by atoms with Crippen LogP contribution < -0.4 is 5.73 Å². The Balaban J connectivity index is 2.85. The summed E-state index contributed by atoms with van der Waals surface area (Å²) in [6, 6.07) is 0. The Morgan fingerprint density at radius 2 is 2.06 bits per heavy atom. The number of nitrogens with two attached hydrogens (primary N) is 1. The van der Waals surface area contributed by atoms with Crippen LogP contribution in [0.15, 0.2) is 48.6 Å². The predicted octanol–water partition coefficient (Wildman–Crippen LogP) is 3.61. The Labute approximate surface area is 99.4 Å². The van der Waals surface area contributed by atoms with Crippen molar-refractivity contribution in [2.24, 2.45) is 17.1 Å². The standard InChI is InChI=1S/C15H23N/c1-13(12-16)11-15(3)10-8-6-4-5-7-9-14(15)2/h4-9,14H,1,10-12,16H2,2-3H3/b5-4-,8-6+,9-7-. The molecule has 0 amide bonds. The molecule has 0 heterocycles. The van der Waals surface area contributed by atoms with Crippen molar-refractivity contribution in [2.45, 2.75) is 26.7 Å². The predicted molar refractivity (Wildman–Crippen MR) is 72.1 cm³/mol. The molecule has 2 unspecified atom stereocenters. The highest BCUT2D eigenvalue weighted by molar-refractivity contribution is 5.17. The highest BCUT2D eigenvalue weighted by Gasteiger charge is 2.28. The van der Waals surface area contributed by atoms with Crippen molar-refractivity contribution in [3.63, 3.8) is 0 Å². The molecule has 0 spiro atoms. The highest BCUT2D eigenvalue weighted by atomic mass is 14.5. The van der Waals surface area contributed by atoms with E-state index in [2.05, 4.69) is 56.9 Å². The molecule has 0 saturated heterocycles. The van der Waals surface area contributed by atoms with Gasteiger partial charge in [0.25, 0.3) is 0 Å². The van der Waals surface area contributed by atoms with Gasteiger partial charge in [-0.25, -0.2) is 0 Å². The van der Waals surface area contributed by atoms with Gasteiger partial charge in [0.1, 0.15) is 0 Å². The maximum atomic E-state index is 5.65. The van der Waals surface area contributed by atoms with Gasteiger partial charge in [0.15, 0.2) is 0 Å². The minimum absolute atomic E-state index is 0.232. The van der Waals surface area contributed by atoms with Gasteiger partial charge in [-0.3, -0.25) is 0 Å². The van der Waals surface area contributed by atoms with Crippen molar-refractivity contribution in [1.82, 2.24) is 0 Å². The average molecular weight is 217 g/mol. The Kier molecular flexibility index (Phi) is 4.75. The van der Waals surface area contributed by atoms with Crippen molar-refractivity contribution in [3.05, 3.63) is 48.6 Å². The lowest BCUT2D eigenvalue weighted by Crippen LogP contribution is -2.25. The molecule has 16 heavy (non-hydrogen) atoms. The Hall–Kier alpha value is -1.08. The van der Waals surface area contributed by atoms with E-state index < -0.39 is 0 Å². The zero-order chi connectivity index (χ0) is 12.0. The molecule has 0 aliphatic heterocycles. The molecule has 1 nitrogen and oxygen atoms in total. The second kappa shape index (κ2) is 5.86. The number of hydrogen-bond donors (Lipinski definition) is 1. The molecule has 2 atom stereocenters. The van der Waals surface area contributed by atoms with Gasteiger partial charge in [-0.15, -0.1) is 0 Å². The third kappa shape index (κ3) is 3.49. The molecule has 2 N–H and O–H groups in total. The summed E-state index contributed by atoms with van der Waals surface area (Å²) in [5, 5.41) is 0. The monoisotopic (exact) mass is 217 g/mol. The van der Waals surface area contributed by atoms with Crippen LogP contribution in [-0.2, 0) is 0 Å². The topological polar surface area (TPSA) is 26.0 Å². The molecule has 88 valence electrons. The molecule has 0 radical (unpaired) electrons. The number of rotatable bonds is 3. The van der Waals surface area contributed by atoms with Crippen LogP contribution in [0.3, 0.4) is 0 Å². The zero-order valence-electron chi connectivity index (χ0n) is 10.4. The van der Waals surface area contributed by atoms with Crippen LogP contribution in [-0.4, -0.2) is 6.54 Å². The van der Waals surface area contributed by atoms with Crippen LogP contribution in [0.1, 0.15) is 26.7 Å². The summed E-state index contributed by atoms with van der Waals surface area (Å²) in [6.07, 6.45) is 15.0. The summed E-state index contributed by atoms with van der Waals surface area (Å²) in [6.45, 7) is 9.22. The largest absolute Gasteiger partial charge is 0.327 e. The lowest BCUT2D eigenvalue weighted by atomic mass is 9.71. The van der Waals surface area contributed by atoms with Crippen LogP contribution in [0.25, 0.3) is 0 Å². The van der Waals surface area contributed by atoms with Crippen molar-refractivity contribution in [3.8, 4) is 0 Å². The third-order valence-electron chi connectivity index (χ3n) is 3.50. The summed E-state index contributed by atoms with van der Waals surface area (Å²) in [5.41, 5.74) is 7.02. The van der Waals surface area contributed by atoms with E-state index in [-0.39, 0.29) is 5.41 Å². The van der Waals surface area contributed by atoms with Crippen LogP contribution in [0.2, 0.25) is 0 Å². The molecular weight excluding hydrogens is 194 g/mol. The van der Waals surface area contributed by atoms with Crippen molar-refractivity contribution in [2.75, 3.05) is 6.54 Å². The van der Waals surface area contributed by atoms with Crippen LogP contribution in [0, 0.1) is 11.3 Å². The van der Waals surface area contributed by atoms with Crippen molar-refractivity contribution < 1.29 is 0 Å². The summed E-state index contributed by atoms with van der Waals surface area (Å²) in [4.78, 5) is 0. The maximum Gasteiger partial charge on any atom is 0.0134 e. The first-order valence-electron chi connectivity index (χ1n) is 5.95. The van der Waals surface area contributed by atoms with E-state index in [1.54, 1.807) is 0 Å². The fourth-order valence-corrected chi connectivity index (χ4v) is 2.07. The summed E-state index contributed by atoms with van der Waals surface area (Å²) >= 11 is 0. The first-order chi connectivity index (χ1) is 7.58. The van der Waals surface area contributed by atoms with Gasteiger partial charge in [-0.2, -0.15) is 0 Å². The van der Waals surface area contributed by atoms with E-state index in [9.17, 15) is 0 Å². The van der Waals surface area contributed by atoms with E-state index in [0.717, 1.165) is 18.4 Å². The molecule has 0 aromatic heterocycles. The Morgan fingerprint density at radius 1 is 1.38 bits per heavy atom. The van der Waals surface area contributed by atoms with Crippen LogP contribution >= 0.6 is 0 Å². The van der Waals surface area contributed by atoms with Gasteiger partial charge in [-0.1, -0.05) is 62.5 Å². The zero-order valence-corrected chi connectivity index (χ0v) is 10.4. The molecule has 0 saturated carbocycles. The van der Waals surface area contributed by atoms with Gasteiger partial charge in [-0.05, 0) is 24.2 Å². The summed E-state index contributed by atoms with van der Waals surface area (Å²) in [7, 11) is 0. The fraction of sp³-hybridized carbons (Fsp3) is 0.467. The van der Waals surface area contributed by atoms with Gasteiger partial charge in [0.2, 0.25) is 0 Å². The minimum atomic E-state index is 0.232. The Bertz CT molecular complexity index is 322. The van der Waals surface area contributed by atoms with E-state index in [0.29, 0.717) is 12.5 Å². The Morgan fingerprint density at radius 3 is 2.75 bits per heavy atom. The van der Waals surface area contributed by atoms with Crippen LogP contribution in [0.5, 0.6) is 0 Å². The molecule has 0 aromatic rings. The molecule has 1 aliphatic rings. The number of hydrogen-bond acceptors (Lipinski definition) is 1. The lowest BCUT2D eigenvalue weighted by molar-refractivity contribution is 0.243. The van der Waals surface area contributed by atoms with Crippen molar-refractivity contribution in [1.29, 1.82) is 0 Å². The lowest BCUT2D eigenvalue weighted by Gasteiger charge is -2.34. The highest BCUT2D eigenvalue weighted by Crippen LogP contribution is 2.38. The number of allylic oxidation sites excluding steroid dienone is 6. The molecule has 1 rings (SSSR count). The fourth-order valence-electron chi connectivity index (χ4n) is 2.07. The average Bonchev–Trinajstić information content (AvgIpc) is 2.33. The molecule has 1 aliphatic carbocycles. The first kappa shape index (κ1) is 13.0. The second-order valence-electron chi connectivity index (χ2n) is 4.98. The van der Waals surface area contributed by atoms with E-state index in [1.807, 2.05) is 0 Å². The summed E-state index contributed by atoms with van der Waals surface area (Å²) in [5.74, 6) is 0.531. The molecule has 0 bridgehead atoms. The maximum absolute atomic E-state index is 5.65. The normalized spacial score (nSPS) is 35.6. The molecule has 0 fully saturated rings. The van der Waals surface area contributed by atoms with Gasteiger partial charge in [0, 0.05) is 6.54 Å². The van der Waals surface area contributed by atoms with E-state index >= 15 is 0 Å². The molecular formula is C15H23N. The SMILES string of the molecule is C=C(CN)CC1(C)C/C=C/C=C\C=C/C1C. The van der Waals surface area contributed by atoms with Crippen molar-refractivity contribution >= 4 is 0 Å².